The summed E-state index contributed by atoms with van der Waals surface area (Å²) in [6.07, 6.45) is -4.20. The van der Waals surface area contributed by atoms with E-state index < -0.39 is 27.7 Å². The summed E-state index contributed by atoms with van der Waals surface area (Å²) >= 11 is 6.03. The number of sulfonamides is 1. The van der Waals surface area contributed by atoms with Crippen LogP contribution < -0.4 is 14.4 Å². The fraction of sp³-hybridized carbons (Fsp3) is 0.429. The average Bonchev–Trinajstić information content (AvgIpc) is 2.82. The van der Waals surface area contributed by atoms with Crippen LogP contribution in [0.4, 0.5) is 19.0 Å². The predicted molar refractivity (Wildman–Crippen MR) is 120 cm³/mol. The number of carbonyl (C=O) groups is 1. The van der Waals surface area contributed by atoms with Crippen molar-refractivity contribution in [2.75, 3.05) is 52.4 Å². The third kappa shape index (κ3) is 5.73. The fourth-order valence-corrected chi connectivity index (χ4v) is 5.53. The minimum atomic E-state index is -4.58. The van der Waals surface area contributed by atoms with Crippen molar-refractivity contribution in [3.63, 3.8) is 0 Å². The van der Waals surface area contributed by atoms with Gasteiger partial charge in [-0.2, -0.15) is 17.5 Å². The van der Waals surface area contributed by atoms with E-state index in [-0.39, 0.29) is 65.4 Å². The number of rotatable bonds is 7. The summed E-state index contributed by atoms with van der Waals surface area (Å²) in [6.45, 7) is 0.286. The number of carbonyl (C=O) groups excluding carboxylic acids is 1. The molecular weight excluding hydrogens is 515 g/mol. The zero-order chi connectivity index (χ0) is 26.0. The topological polar surface area (TPSA) is 98.3 Å². The average molecular weight is 538 g/mol. The van der Waals surface area contributed by atoms with Gasteiger partial charge < -0.3 is 19.1 Å². The number of nitrogens with zero attached hydrogens (tertiary/aromatic N) is 3. The summed E-state index contributed by atoms with van der Waals surface area (Å²) in [5, 5.41) is -0.184. The van der Waals surface area contributed by atoms with Gasteiger partial charge in [-0.25, -0.2) is 13.4 Å². The molecule has 0 spiro atoms. The maximum absolute atomic E-state index is 13.5. The lowest BCUT2D eigenvalue weighted by Crippen LogP contribution is -2.49. The molecule has 1 aliphatic heterocycles. The van der Waals surface area contributed by atoms with Crippen LogP contribution in [0.5, 0.6) is 11.5 Å². The second-order valence-corrected chi connectivity index (χ2v) is 9.80. The lowest BCUT2D eigenvalue weighted by atomic mass is 10.1. The van der Waals surface area contributed by atoms with Crippen molar-refractivity contribution in [1.29, 1.82) is 0 Å². The van der Waals surface area contributed by atoms with E-state index in [0.29, 0.717) is 6.20 Å². The summed E-state index contributed by atoms with van der Waals surface area (Å²) in [4.78, 5) is 17.2. The number of pyridine rings is 1. The molecule has 0 radical (unpaired) electrons. The molecule has 14 heteroatoms. The Morgan fingerprint density at radius 3 is 2.17 bits per heavy atom. The van der Waals surface area contributed by atoms with Gasteiger partial charge in [-0.3, -0.25) is 4.79 Å². The van der Waals surface area contributed by atoms with Crippen LogP contribution in [-0.2, 0) is 32.2 Å². The number of benzene rings is 1. The Morgan fingerprint density at radius 2 is 1.66 bits per heavy atom. The minimum absolute atomic E-state index is 0.00731. The number of esters is 1. The zero-order valence-electron chi connectivity index (χ0n) is 19.1. The van der Waals surface area contributed by atoms with Crippen molar-refractivity contribution in [2.24, 2.45) is 0 Å². The Balaban J connectivity index is 1.87. The van der Waals surface area contributed by atoms with Gasteiger partial charge in [0.15, 0.2) is 11.5 Å². The second-order valence-electron chi connectivity index (χ2n) is 7.49. The van der Waals surface area contributed by atoms with Crippen LogP contribution in [-0.4, -0.2) is 71.2 Å². The van der Waals surface area contributed by atoms with Gasteiger partial charge in [0.1, 0.15) is 5.82 Å². The highest BCUT2D eigenvalue weighted by molar-refractivity contribution is 7.89. The summed E-state index contributed by atoms with van der Waals surface area (Å²) in [5.74, 6) is -0.0898. The number of aromatic nitrogens is 1. The van der Waals surface area contributed by atoms with Crippen LogP contribution in [0, 0.1) is 0 Å². The molecule has 0 aliphatic carbocycles. The summed E-state index contributed by atoms with van der Waals surface area (Å²) in [5.41, 5.74) is -0.802. The highest BCUT2D eigenvalue weighted by atomic mass is 35.5. The third-order valence-electron chi connectivity index (χ3n) is 5.43. The maximum atomic E-state index is 13.5. The highest BCUT2D eigenvalue weighted by Gasteiger charge is 2.35. The van der Waals surface area contributed by atoms with Crippen LogP contribution in [0.1, 0.15) is 11.1 Å². The van der Waals surface area contributed by atoms with Gasteiger partial charge in [0.05, 0.1) is 43.2 Å². The Morgan fingerprint density at radius 1 is 1.06 bits per heavy atom. The smallest absolute Gasteiger partial charge is 0.417 e. The van der Waals surface area contributed by atoms with Crippen molar-refractivity contribution in [1.82, 2.24) is 9.29 Å². The molecule has 3 rings (SSSR count). The van der Waals surface area contributed by atoms with Gasteiger partial charge in [-0.1, -0.05) is 11.6 Å². The Bertz CT molecular complexity index is 1200. The van der Waals surface area contributed by atoms with Crippen LogP contribution in [0.2, 0.25) is 5.02 Å². The molecule has 1 saturated heterocycles. The van der Waals surface area contributed by atoms with E-state index in [2.05, 4.69) is 9.72 Å². The molecule has 35 heavy (non-hydrogen) atoms. The predicted octanol–water partition coefficient (Wildman–Crippen LogP) is 3.00. The standard InChI is InChI=1S/C21H23ClF3N3O6S/c1-32-16-8-13(9-19(29)34-3)18(11-17(16)33-2)35(30,31)28-6-4-27(5-7-28)20-15(22)10-14(12-26-20)21(23,24)25/h8,10-12H,4-7,9H2,1-3H3. The number of methoxy groups -OCH3 is 3. The molecule has 2 heterocycles. The van der Waals surface area contributed by atoms with Gasteiger partial charge in [0, 0.05) is 38.4 Å². The Kier molecular flexibility index (Phi) is 8.02. The van der Waals surface area contributed by atoms with E-state index in [9.17, 15) is 26.4 Å². The lowest BCUT2D eigenvalue weighted by molar-refractivity contribution is -0.140. The molecule has 1 aliphatic rings. The number of piperazine rings is 1. The molecule has 0 N–H and O–H groups in total. The molecule has 0 saturated carbocycles. The SMILES string of the molecule is COC(=O)Cc1cc(OC)c(OC)cc1S(=O)(=O)N1CCN(c2ncc(C(F)(F)F)cc2Cl)CC1. The highest BCUT2D eigenvalue weighted by Crippen LogP contribution is 2.36. The first-order chi connectivity index (χ1) is 16.4. The van der Waals surface area contributed by atoms with Gasteiger partial charge in [-0.05, 0) is 17.7 Å². The van der Waals surface area contributed by atoms with Crippen LogP contribution in [0.3, 0.4) is 0 Å². The maximum Gasteiger partial charge on any atom is 0.417 e. The molecule has 2 aromatic rings. The van der Waals surface area contributed by atoms with E-state index in [1.165, 1.54) is 37.8 Å². The van der Waals surface area contributed by atoms with E-state index in [0.717, 1.165) is 6.07 Å². The number of ether oxygens (including phenoxy) is 3. The number of hydrogen-bond acceptors (Lipinski definition) is 8. The number of hydrogen-bond donors (Lipinski definition) is 0. The van der Waals surface area contributed by atoms with Crippen molar-refractivity contribution < 1.29 is 40.6 Å². The zero-order valence-corrected chi connectivity index (χ0v) is 20.6. The minimum Gasteiger partial charge on any atom is -0.493 e. The molecule has 192 valence electrons. The van der Waals surface area contributed by atoms with Gasteiger partial charge in [-0.15, -0.1) is 0 Å². The summed E-state index contributed by atoms with van der Waals surface area (Å²) in [7, 11) is -0.156. The molecule has 0 amide bonds. The fourth-order valence-electron chi connectivity index (χ4n) is 3.61. The van der Waals surface area contributed by atoms with Crippen molar-refractivity contribution in [3.8, 4) is 11.5 Å². The molecule has 1 aromatic carbocycles. The molecule has 0 bridgehead atoms. The first-order valence-electron chi connectivity index (χ1n) is 10.2. The van der Waals surface area contributed by atoms with Crippen molar-refractivity contribution in [3.05, 3.63) is 40.5 Å². The lowest BCUT2D eigenvalue weighted by Gasteiger charge is -2.35. The van der Waals surface area contributed by atoms with E-state index in [4.69, 9.17) is 21.1 Å². The van der Waals surface area contributed by atoms with E-state index in [1.54, 1.807) is 4.90 Å². The molecule has 1 aromatic heterocycles. The van der Waals surface area contributed by atoms with Gasteiger partial charge >= 0.3 is 12.1 Å². The van der Waals surface area contributed by atoms with Gasteiger partial charge in [0.2, 0.25) is 10.0 Å². The third-order valence-corrected chi connectivity index (χ3v) is 7.69. The summed E-state index contributed by atoms with van der Waals surface area (Å²) in [6, 6.07) is 3.48. The van der Waals surface area contributed by atoms with Gasteiger partial charge in [0.25, 0.3) is 0 Å². The molecular formula is C21H23ClF3N3O6S. The molecule has 0 atom stereocenters. The van der Waals surface area contributed by atoms with Crippen LogP contribution in [0.15, 0.2) is 29.3 Å². The number of anilines is 1. The normalized spacial score (nSPS) is 15.1. The van der Waals surface area contributed by atoms with Crippen LogP contribution in [0.25, 0.3) is 0 Å². The van der Waals surface area contributed by atoms with Crippen LogP contribution >= 0.6 is 11.6 Å². The molecule has 1 fully saturated rings. The number of alkyl halides is 3. The largest absolute Gasteiger partial charge is 0.493 e. The number of halogens is 4. The monoisotopic (exact) mass is 537 g/mol. The first-order valence-corrected chi connectivity index (χ1v) is 12.0. The van der Waals surface area contributed by atoms with E-state index >= 15 is 0 Å². The Labute approximate surface area is 205 Å². The van der Waals surface area contributed by atoms with Crippen molar-refractivity contribution >= 4 is 33.4 Å². The summed E-state index contributed by atoms with van der Waals surface area (Å²) < 4.78 is 82.0. The second kappa shape index (κ2) is 10.5. The Hall–Kier alpha value is -2.77. The molecule has 0 unspecified atom stereocenters. The van der Waals surface area contributed by atoms with Crippen molar-refractivity contribution in [2.45, 2.75) is 17.5 Å². The molecule has 9 nitrogen and oxygen atoms in total. The first kappa shape index (κ1) is 26.8. The quantitative estimate of drug-likeness (QED) is 0.497. The van der Waals surface area contributed by atoms with E-state index in [1.807, 2.05) is 0 Å².